The van der Waals surface area contributed by atoms with Gasteiger partial charge in [0.1, 0.15) is 0 Å². The quantitative estimate of drug-likeness (QED) is 0.399. The van der Waals surface area contributed by atoms with Gasteiger partial charge in [-0.25, -0.2) is 0 Å². The Morgan fingerprint density at radius 2 is 1.48 bits per heavy atom. The molecule has 0 aromatic carbocycles. The lowest BCUT2D eigenvalue weighted by Crippen LogP contribution is -2.38. The second-order valence-electron chi connectivity index (χ2n) is 8.75. The van der Waals surface area contributed by atoms with Crippen molar-refractivity contribution in [3.8, 4) is 0 Å². The van der Waals surface area contributed by atoms with E-state index in [1.807, 2.05) is 0 Å². The van der Waals surface area contributed by atoms with Crippen LogP contribution in [0.4, 0.5) is 0 Å². The van der Waals surface area contributed by atoms with E-state index >= 15 is 0 Å². The molecule has 1 heterocycles. The molecule has 2 nitrogen and oxygen atoms in total. The van der Waals surface area contributed by atoms with E-state index in [2.05, 4.69) is 46.4 Å². The highest BCUT2D eigenvalue weighted by atomic mass is 15.3. The molecule has 0 radical (unpaired) electrons. The highest BCUT2D eigenvalue weighted by molar-refractivity contribution is 5.84. The molecule has 136 valence electrons. The molecular formula is C21H42N2. The van der Waals surface area contributed by atoms with Crippen molar-refractivity contribution in [3.05, 3.63) is 0 Å². The van der Waals surface area contributed by atoms with Gasteiger partial charge in [-0.2, -0.15) is 0 Å². The van der Waals surface area contributed by atoms with Gasteiger partial charge in [0.05, 0.1) is 11.9 Å². The monoisotopic (exact) mass is 322 g/mol. The molecule has 0 saturated carbocycles. The van der Waals surface area contributed by atoms with E-state index < -0.39 is 0 Å². The lowest BCUT2D eigenvalue weighted by Gasteiger charge is -2.29. The molecule has 0 spiro atoms. The first-order valence-corrected chi connectivity index (χ1v) is 10.2. The Bertz CT molecular complexity index is 338. The van der Waals surface area contributed by atoms with Gasteiger partial charge in [0.15, 0.2) is 0 Å². The molecule has 1 aliphatic rings. The predicted octanol–water partition coefficient (Wildman–Crippen LogP) is 6.44. The summed E-state index contributed by atoms with van der Waals surface area (Å²) in [5, 5.41) is 0. The summed E-state index contributed by atoms with van der Waals surface area (Å²) in [5.74, 6) is 1.38. The Kier molecular flexibility index (Phi) is 9.24. The van der Waals surface area contributed by atoms with Gasteiger partial charge in [-0.15, -0.1) is 0 Å². The minimum absolute atomic E-state index is 0.285. The standard InChI is InChI=1S/C21H42N2/c1-7-8-9-10-11-12-13-14-15-16-20-22-19(21(4,5)6)17-23(20)18(2)3/h18-19H,7-17H2,1-6H3. The number of aliphatic imine (C=N–C) groups is 1. The predicted molar refractivity (Wildman–Crippen MR) is 104 cm³/mol. The van der Waals surface area contributed by atoms with Gasteiger partial charge in [0.2, 0.25) is 0 Å². The Hall–Kier alpha value is -0.530. The van der Waals surface area contributed by atoms with Crippen molar-refractivity contribution in [3.63, 3.8) is 0 Å². The fourth-order valence-corrected chi connectivity index (χ4v) is 3.36. The van der Waals surface area contributed by atoms with Crippen LogP contribution in [-0.2, 0) is 0 Å². The molecule has 0 bridgehead atoms. The lowest BCUT2D eigenvalue weighted by molar-refractivity contribution is 0.267. The molecule has 1 aliphatic heterocycles. The summed E-state index contributed by atoms with van der Waals surface area (Å²) >= 11 is 0. The number of rotatable bonds is 11. The van der Waals surface area contributed by atoms with Gasteiger partial charge < -0.3 is 4.90 Å². The van der Waals surface area contributed by atoms with E-state index in [-0.39, 0.29) is 5.41 Å². The molecule has 1 unspecified atom stereocenters. The van der Waals surface area contributed by atoms with Crippen LogP contribution in [0.25, 0.3) is 0 Å². The van der Waals surface area contributed by atoms with Gasteiger partial charge in [-0.1, -0.05) is 79.1 Å². The maximum atomic E-state index is 5.07. The summed E-state index contributed by atoms with van der Waals surface area (Å²) in [6, 6.07) is 1.05. The second kappa shape index (κ2) is 10.4. The highest BCUT2D eigenvalue weighted by Gasteiger charge is 2.33. The molecule has 0 aliphatic carbocycles. The first-order valence-electron chi connectivity index (χ1n) is 10.2. The summed E-state index contributed by atoms with van der Waals surface area (Å²) in [6.07, 6.45) is 13.8. The fourth-order valence-electron chi connectivity index (χ4n) is 3.36. The summed E-state index contributed by atoms with van der Waals surface area (Å²) in [4.78, 5) is 7.61. The molecular weight excluding hydrogens is 280 g/mol. The zero-order chi connectivity index (χ0) is 17.3. The van der Waals surface area contributed by atoms with Crippen LogP contribution in [-0.4, -0.2) is 29.4 Å². The van der Waals surface area contributed by atoms with Crippen LogP contribution in [0.5, 0.6) is 0 Å². The first kappa shape index (κ1) is 20.5. The molecule has 1 atom stereocenters. The zero-order valence-electron chi connectivity index (χ0n) is 16.8. The zero-order valence-corrected chi connectivity index (χ0v) is 16.8. The summed E-state index contributed by atoms with van der Waals surface area (Å²) in [7, 11) is 0. The SMILES string of the molecule is CCCCCCCCCCCC1=NC(C(C)(C)C)CN1C(C)C. The molecule has 0 fully saturated rings. The maximum Gasteiger partial charge on any atom is 0.0996 e. The second-order valence-corrected chi connectivity index (χ2v) is 8.75. The summed E-state index contributed by atoms with van der Waals surface area (Å²) < 4.78 is 0. The number of hydrogen-bond donors (Lipinski definition) is 0. The van der Waals surface area contributed by atoms with E-state index in [9.17, 15) is 0 Å². The number of hydrogen-bond acceptors (Lipinski definition) is 2. The van der Waals surface area contributed by atoms with Gasteiger partial charge in [-0.3, -0.25) is 4.99 Å². The average Bonchev–Trinajstić information content (AvgIpc) is 2.90. The third-order valence-corrected chi connectivity index (χ3v) is 5.13. The van der Waals surface area contributed by atoms with E-state index in [0.29, 0.717) is 12.1 Å². The van der Waals surface area contributed by atoms with Crippen molar-refractivity contribution in [1.29, 1.82) is 0 Å². The Labute approximate surface area is 146 Å². The number of unbranched alkanes of at least 4 members (excludes halogenated alkanes) is 8. The van der Waals surface area contributed by atoms with Crippen molar-refractivity contribution in [2.75, 3.05) is 6.54 Å². The van der Waals surface area contributed by atoms with Crippen molar-refractivity contribution in [2.45, 2.75) is 118 Å². The highest BCUT2D eigenvalue weighted by Crippen LogP contribution is 2.29. The fraction of sp³-hybridized carbons (Fsp3) is 0.952. The van der Waals surface area contributed by atoms with Crippen LogP contribution < -0.4 is 0 Å². The van der Waals surface area contributed by atoms with Crippen LogP contribution in [0.2, 0.25) is 0 Å². The molecule has 0 aromatic heterocycles. The Morgan fingerprint density at radius 1 is 0.957 bits per heavy atom. The third-order valence-electron chi connectivity index (χ3n) is 5.13. The average molecular weight is 323 g/mol. The molecule has 0 saturated heterocycles. The van der Waals surface area contributed by atoms with Crippen LogP contribution in [0, 0.1) is 5.41 Å². The van der Waals surface area contributed by atoms with Crippen LogP contribution >= 0.6 is 0 Å². The van der Waals surface area contributed by atoms with E-state index in [1.54, 1.807) is 0 Å². The van der Waals surface area contributed by atoms with Crippen LogP contribution in [0.3, 0.4) is 0 Å². The minimum atomic E-state index is 0.285. The summed E-state index contributed by atoms with van der Waals surface area (Å²) in [6.45, 7) is 15.0. The van der Waals surface area contributed by atoms with Crippen molar-refractivity contribution >= 4 is 5.84 Å². The normalized spacial score (nSPS) is 18.8. The Morgan fingerprint density at radius 3 is 1.96 bits per heavy atom. The maximum absolute atomic E-state index is 5.07. The van der Waals surface area contributed by atoms with Gasteiger partial charge in [0.25, 0.3) is 0 Å². The molecule has 0 N–H and O–H groups in total. The minimum Gasteiger partial charge on any atom is -0.356 e. The Balaban J connectivity index is 2.23. The van der Waals surface area contributed by atoms with E-state index in [1.165, 1.54) is 70.0 Å². The first-order chi connectivity index (χ1) is 10.9. The third kappa shape index (κ3) is 7.72. The van der Waals surface area contributed by atoms with Crippen LogP contribution in [0.1, 0.15) is 106 Å². The number of nitrogens with zero attached hydrogens (tertiary/aromatic N) is 2. The van der Waals surface area contributed by atoms with E-state index in [4.69, 9.17) is 4.99 Å². The topological polar surface area (TPSA) is 15.6 Å². The van der Waals surface area contributed by atoms with Gasteiger partial charge in [-0.05, 0) is 25.7 Å². The molecule has 0 amide bonds. The smallest absolute Gasteiger partial charge is 0.0996 e. The number of amidine groups is 1. The molecule has 2 heteroatoms. The largest absolute Gasteiger partial charge is 0.356 e. The van der Waals surface area contributed by atoms with Crippen molar-refractivity contribution < 1.29 is 0 Å². The van der Waals surface area contributed by atoms with E-state index in [0.717, 1.165) is 6.54 Å². The molecule has 0 aromatic rings. The van der Waals surface area contributed by atoms with Crippen molar-refractivity contribution in [2.24, 2.45) is 10.4 Å². The van der Waals surface area contributed by atoms with Gasteiger partial charge >= 0.3 is 0 Å². The molecule has 23 heavy (non-hydrogen) atoms. The van der Waals surface area contributed by atoms with Crippen LogP contribution in [0.15, 0.2) is 4.99 Å². The van der Waals surface area contributed by atoms with Crippen molar-refractivity contribution in [1.82, 2.24) is 4.90 Å². The summed E-state index contributed by atoms with van der Waals surface area (Å²) in [5.41, 5.74) is 0.285. The lowest BCUT2D eigenvalue weighted by atomic mass is 9.87. The molecule has 1 rings (SSSR count). The van der Waals surface area contributed by atoms with Gasteiger partial charge in [0, 0.05) is 19.0 Å².